The van der Waals surface area contributed by atoms with Gasteiger partial charge in [-0.25, -0.2) is 5.43 Å². The average Bonchev–Trinajstić information content (AvgIpc) is 2.87. The number of benzene rings is 2. The van der Waals surface area contributed by atoms with E-state index in [1.165, 1.54) is 27.5 Å². The molecule has 0 saturated carbocycles. The Bertz CT molecular complexity index is 990. The molecule has 1 N–H and O–H groups in total. The van der Waals surface area contributed by atoms with Crippen molar-refractivity contribution in [2.24, 2.45) is 11.0 Å². The Kier molecular flexibility index (Phi) is 8.12. The normalized spacial score (nSPS) is 14.1. The van der Waals surface area contributed by atoms with E-state index in [4.69, 9.17) is 18.9 Å². The van der Waals surface area contributed by atoms with Crippen molar-refractivity contribution in [1.29, 1.82) is 0 Å². The van der Waals surface area contributed by atoms with E-state index in [0.29, 0.717) is 60.1 Å². The lowest BCUT2D eigenvalue weighted by Crippen LogP contribution is -2.42. The number of hydrazone groups is 1. The number of hydrogen-bond acceptors (Lipinski definition) is 7. The molecule has 0 atom stereocenters. The van der Waals surface area contributed by atoms with Crippen LogP contribution in [0.2, 0.25) is 0 Å². The molecule has 1 aliphatic rings. The number of carbonyl (C=O) groups excluding carboxylic acids is 2. The number of nitrogens with zero attached hydrogens (tertiary/aromatic N) is 2. The fourth-order valence-corrected chi connectivity index (χ4v) is 3.72. The topological polar surface area (TPSA) is 98.7 Å². The number of amides is 2. The number of hydrogen-bond donors (Lipinski definition) is 1. The number of likely N-dealkylation sites (tertiary alicyclic amines) is 1. The minimum atomic E-state index is -0.212. The lowest BCUT2D eigenvalue weighted by atomic mass is 9.95. The van der Waals surface area contributed by atoms with Crippen LogP contribution in [0.4, 0.5) is 0 Å². The van der Waals surface area contributed by atoms with Crippen LogP contribution in [-0.4, -0.2) is 64.5 Å². The van der Waals surface area contributed by atoms with Crippen molar-refractivity contribution in [3.05, 3.63) is 47.5 Å². The van der Waals surface area contributed by atoms with E-state index < -0.39 is 0 Å². The highest BCUT2D eigenvalue weighted by Crippen LogP contribution is 2.37. The first-order chi connectivity index (χ1) is 16.0. The summed E-state index contributed by atoms with van der Waals surface area (Å²) in [6, 6.07) is 10.5. The van der Waals surface area contributed by atoms with Crippen molar-refractivity contribution in [2.45, 2.75) is 12.8 Å². The van der Waals surface area contributed by atoms with Crippen LogP contribution in [0.1, 0.15) is 28.8 Å². The molecule has 176 valence electrons. The fourth-order valence-electron chi connectivity index (χ4n) is 3.72. The first kappa shape index (κ1) is 23.9. The van der Waals surface area contributed by atoms with Gasteiger partial charge in [-0.2, -0.15) is 5.10 Å². The monoisotopic (exact) mass is 455 g/mol. The van der Waals surface area contributed by atoms with E-state index in [-0.39, 0.29) is 17.7 Å². The third kappa shape index (κ3) is 5.74. The molecule has 9 heteroatoms. The Labute approximate surface area is 193 Å². The molecular weight excluding hydrogens is 426 g/mol. The predicted octanol–water partition coefficient (Wildman–Crippen LogP) is 2.72. The summed E-state index contributed by atoms with van der Waals surface area (Å²) in [4.78, 5) is 27.1. The molecule has 1 fully saturated rings. The SMILES string of the molecule is COc1cccc(C(=O)N2CCC(C(=O)N/N=C\c3cc(OC)c(OC)c(OC)c3)CC2)c1. The molecule has 2 aromatic carbocycles. The van der Waals surface area contributed by atoms with Crippen LogP contribution in [0.25, 0.3) is 0 Å². The molecular formula is C24H29N3O6. The van der Waals surface area contributed by atoms with Gasteiger partial charge >= 0.3 is 0 Å². The molecule has 33 heavy (non-hydrogen) atoms. The minimum Gasteiger partial charge on any atom is -0.497 e. The summed E-state index contributed by atoms with van der Waals surface area (Å²) in [5, 5.41) is 4.07. The van der Waals surface area contributed by atoms with Crippen molar-refractivity contribution < 1.29 is 28.5 Å². The minimum absolute atomic E-state index is 0.0619. The second kappa shape index (κ2) is 11.2. The highest BCUT2D eigenvalue weighted by molar-refractivity contribution is 5.95. The van der Waals surface area contributed by atoms with Gasteiger partial charge in [0, 0.05) is 30.1 Å². The highest BCUT2D eigenvalue weighted by Gasteiger charge is 2.28. The zero-order valence-corrected chi connectivity index (χ0v) is 19.3. The molecule has 1 heterocycles. The van der Waals surface area contributed by atoms with Crippen LogP contribution in [0.3, 0.4) is 0 Å². The van der Waals surface area contributed by atoms with Gasteiger partial charge in [-0.1, -0.05) is 6.07 Å². The van der Waals surface area contributed by atoms with Gasteiger partial charge in [0.05, 0.1) is 34.7 Å². The lowest BCUT2D eigenvalue weighted by Gasteiger charge is -2.31. The summed E-state index contributed by atoms with van der Waals surface area (Å²) in [7, 11) is 6.17. The zero-order valence-electron chi connectivity index (χ0n) is 19.3. The van der Waals surface area contributed by atoms with Crippen molar-refractivity contribution >= 4 is 18.0 Å². The van der Waals surface area contributed by atoms with Crippen LogP contribution in [0.15, 0.2) is 41.5 Å². The van der Waals surface area contributed by atoms with E-state index in [9.17, 15) is 9.59 Å². The Morgan fingerprint density at radius 1 is 0.970 bits per heavy atom. The number of piperidine rings is 1. The first-order valence-corrected chi connectivity index (χ1v) is 10.6. The van der Waals surface area contributed by atoms with Crippen molar-refractivity contribution in [2.75, 3.05) is 41.5 Å². The number of ether oxygens (including phenoxy) is 4. The largest absolute Gasteiger partial charge is 0.497 e. The maximum atomic E-state index is 12.7. The van der Waals surface area contributed by atoms with Gasteiger partial charge in [-0.15, -0.1) is 0 Å². The third-order valence-corrected chi connectivity index (χ3v) is 5.55. The van der Waals surface area contributed by atoms with Gasteiger partial charge < -0.3 is 23.8 Å². The fraction of sp³-hybridized carbons (Fsp3) is 0.375. The summed E-state index contributed by atoms with van der Waals surface area (Å²) in [5.41, 5.74) is 3.85. The maximum Gasteiger partial charge on any atom is 0.253 e. The van der Waals surface area contributed by atoms with E-state index >= 15 is 0 Å². The van der Waals surface area contributed by atoms with Gasteiger partial charge in [0.1, 0.15) is 5.75 Å². The summed E-state index contributed by atoms with van der Waals surface area (Å²) < 4.78 is 21.1. The second-order valence-electron chi connectivity index (χ2n) is 7.49. The van der Waals surface area contributed by atoms with Crippen LogP contribution < -0.4 is 24.4 Å². The van der Waals surface area contributed by atoms with Crippen LogP contribution in [0.5, 0.6) is 23.0 Å². The summed E-state index contributed by atoms with van der Waals surface area (Å²) >= 11 is 0. The molecule has 0 bridgehead atoms. The molecule has 0 radical (unpaired) electrons. The standard InChI is InChI=1S/C24H29N3O6/c1-30-19-7-5-6-18(14-19)24(29)27-10-8-17(9-11-27)23(28)26-25-15-16-12-20(31-2)22(33-4)21(13-16)32-3/h5-7,12-15,17H,8-11H2,1-4H3,(H,26,28)/b25-15-. The Balaban J connectivity index is 1.55. The molecule has 2 amide bonds. The number of rotatable bonds is 8. The molecule has 0 aromatic heterocycles. The predicted molar refractivity (Wildman–Crippen MR) is 123 cm³/mol. The number of methoxy groups -OCH3 is 4. The molecule has 9 nitrogen and oxygen atoms in total. The van der Waals surface area contributed by atoms with Crippen molar-refractivity contribution in [3.63, 3.8) is 0 Å². The van der Waals surface area contributed by atoms with E-state index in [0.717, 1.165) is 0 Å². The van der Waals surface area contributed by atoms with Crippen LogP contribution >= 0.6 is 0 Å². The van der Waals surface area contributed by atoms with Crippen LogP contribution in [-0.2, 0) is 4.79 Å². The molecule has 1 aliphatic heterocycles. The second-order valence-corrected chi connectivity index (χ2v) is 7.49. The summed E-state index contributed by atoms with van der Waals surface area (Å²) in [6.45, 7) is 1.01. The van der Waals surface area contributed by atoms with Gasteiger partial charge in [0.2, 0.25) is 11.7 Å². The third-order valence-electron chi connectivity index (χ3n) is 5.55. The van der Waals surface area contributed by atoms with Crippen molar-refractivity contribution in [1.82, 2.24) is 10.3 Å². The molecule has 0 aliphatic carbocycles. The highest BCUT2D eigenvalue weighted by atomic mass is 16.5. The van der Waals surface area contributed by atoms with Gasteiger partial charge in [-0.05, 0) is 43.2 Å². The van der Waals surface area contributed by atoms with Gasteiger partial charge in [0.15, 0.2) is 11.5 Å². The first-order valence-electron chi connectivity index (χ1n) is 10.6. The number of nitrogens with one attached hydrogen (secondary N) is 1. The molecule has 2 aromatic rings. The molecule has 3 rings (SSSR count). The zero-order chi connectivity index (χ0) is 23.8. The number of carbonyl (C=O) groups is 2. The Morgan fingerprint density at radius 3 is 2.21 bits per heavy atom. The van der Waals surface area contributed by atoms with E-state index in [1.54, 1.807) is 48.4 Å². The Hall–Kier alpha value is -3.75. The van der Waals surface area contributed by atoms with Gasteiger partial charge in [0.25, 0.3) is 5.91 Å². The van der Waals surface area contributed by atoms with Crippen molar-refractivity contribution in [3.8, 4) is 23.0 Å². The lowest BCUT2D eigenvalue weighted by molar-refractivity contribution is -0.126. The quantitative estimate of drug-likeness (QED) is 0.486. The average molecular weight is 456 g/mol. The van der Waals surface area contributed by atoms with Gasteiger partial charge in [-0.3, -0.25) is 9.59 Å². The smallest absolute Gasteiger partial charge is 0.253 e. The summed E-state index contributed by atoms with van der Waals surface area (Å²) in [6.07, 6.45) is 2.66. The molecule has 1 saturated heterocycles. The van der Waals surface area contributed by atoms with Crippen LogP contribution in [0, 0.1) is 5.92 Å². The summed E-state index contributed by atoms with van der Waals surface area (Å²) in [5.74, 6) is 1.67. The Morgan fingerprint density at radius 2 is 1.64 bits per heavy atom. The maximum absolute atomic E-state index is 12.7. The molecule has 0 unspecified atom stereocenters. The van der Waals surface area contributed by atoms with E-state index in [2.05, 4.69) is 10.5 Å². The van der Waals surface area contributed by atoms with E-state index in [1.807, 2.05) is 0 Å². The molecule has 0 spiro atoms.